The molecular weight excluding hydrogens is 650 g/mol. The lowest BCUT2D eigenvalue weighted by Crippen LogP contribution is -2.46. The van der Waals surface area contributed by atoms with Crippen molar-refractivity contribution in [3.63, 3.8) is 0 Å². The van der Waals surface area contributed by atoms with Gasteiger partial charge in [-0.05, 0) is 92.3 Å². The number of nitrogens with zero attached hydrogens (tertiary/aromatic N) is 7. The molecule has 0 saturated carbocycles. The minimum atomic E-state index is -0.864. The van der Waals surface area contributed by atoms with Crippen LogP contribution in [0, 0.1) is 23.7 Å². The van der Waals surface area contributed by atoms with Gasteiger partial charge in [0, 0.05) is 88.2 Å². The standard InChI is InChI=1S/C37H45N9O5/c38-34(48)24-1-3-28(4-2-24)45-21-26-19-42(20-27(26)22-45)18-23-9-13-44(14-10-23)36(50)25-11-15-43(16-12-25)29-5-6-31-30(17-29)37(51)46(41-40-31)32-7-8-33(47)39-35(32)49/h1-6,17,23,25-27,32H,7-16,18-22H2,(H2,38,48)(H,39,47,49). The van der Waals surface area contributed by atoms with Crippen molar-refractivity contribution in [2.45, 2.75) is 44.6 Å². The summed E-state index contributed by atoms with van der Waals surface area (Å²) in [6.45, 7) is 8.52. The molecule has 3 aromatic rings. The number of hydrogen-bond acceptors (Lipinski definition) is 10. The number of nitrogens with one attached hydrogen (secondary N) is 1. The number of hydrogen-bond donors (Lipinski definition) is 2. The predicted octanol–water partition coefficient (Wildman–Crippen LogP) is 1.39. The van der Waals surface area contributed by atoms with Crippen LogP contribution in [0.1, 0.15) is 54.9 Å². The summed E-state index contributed by atoms with van der Waals surface area (Å²) in [6.07, 6.45) is 3.97. The van der Waals surface area contributed by atoms with E-state index >= 15 is 0 Å². The first-order valence-electron chi connectivity index (χ1n) is 18.3. The van der Waals surface area contributed by atoms with Crippen molar-refractivity contribution < 1.29 is 19.2 Å². The number of imide groups is 1. The second-order valence-corrected chi connectivity index (χ2v) is 15.1. The Hall–Kier alpha value is -4.85. The highest BCUT2D eigenvalue weighted by molar-refractivity contribution is 5.99. The van der Waals surface area contributed by atoms with Gasteiger partial charge in [-0.25, -0.2) is 0 Å². The summed E-state index contributed by atoms with van der Waals surface area (Å²) in [5.74, 6) is 0.923. The van der Waals surface area contributed by atoms with Gasteiger partial charge in [-0.3, -0.25) is 29.3 Å². The fourth-order valence-electron chi connectivity index (χ4n) is 8.99. The van der Waals surface area contributed by atoms with E-state index in [1.807, 2.05) is 30.3 Å². The van der Waals surface area contributed by atoms with Crippen LogP contribution >= 0.6 is 0 Å². The van der Waals surface area contributed by atoms with Gasteiger partial charge in [-0.15, -0.1) is 5.10 Å². The largest absolute Gasteiger partial charge is 0.371 e. The number of likely N-dealkylation sites (tertiary alicyclic amines) is 2. The second-order valence-electron chi connectivity index (χ2n) is 15.1. The van der Waals surface area contributed by atoms with Crippen LogP contribution in [0.4, 0.5) is 11.4 Å². The molecule has 5 aliphatic heterocycles. The number of aromatic nitrogens is 3. The van der Waals surface area contributed by atoms with Gasteiger partial charge in [0.05, 0.1) is 5.39 Å². The molecule has 268 valence electrons. The van der Waals surface area contributed by atoms with Gasteiger partial charge >= 0.3 is 0 Å². The van der Waals surface area contributed by atoms with Crippen LogP contribution in [-0.2, 0) is 14.4 Å². The molecule has 51 heavy (non-hydrogen) atoms. The Morgan fingerprint density at radius 1 is 0.804 bits per heavy atom. The zero-order valence-corrected chi connectivity index (χ0v) is 28.8. The average Bonchev–Trinajstić information content (AvgIpc) is 3.71. The van der Waals surface area contributed by atoms with Gasteiger partial charge in [-0.2, -0.15) is 4.68 Å². The van der Waals surface area contributed by atoms with Crippen LogP contribution in [0.5, 0.6) is 0 Å². The number of benzene rings is 2. The lowest BCUT2D eigenvalue weighted by Gasteiger charge is -2.38. The molecule has 3 atom stereocenters. The number of nitrogens with two attached hydrogens (primary N) is 1. The van der Waals surface area contributed by atoms with Crippen LogP contribution < -0.4 is 26.4 Å². The van der Waals surface area contributed by atoms with Gasteiger partial charge < -0.3 is 25.3 Å². The third kappa shape index (κ3) is 6.68. The fourth-order valence-corrected chi connectivity index (χ4v) is 8.99. The highest BCUT2D eigenvalue weighted by atomic mass is 16.2. The summed E-state index contributed by atoms with van der Waals surface area (Å²) < 4.78 is 1.09. The molecule has 0 spiro atoms. The van der Waals surface area contributed by atoms with Crippen LogP contribution in [0.3, 0.4) is 0 Å². The van der Waals surface area contributed by atoms with Gasteiger partial charge in [0.25, 0.3) is 11.5 Å². The average molecular weight is 696 g/mol. The maximum atomic E-state index is 13.6. The molecule has 4 amide bonds. The lowest BCUT2D eigenvalue weighted by molar-refractivity contribution is -0.138. The maximum absolute atomic E-state index is 13.6. The summed E-state index contributed by atoms with van der Waals surface area (Å²) >= 11 is 0. The van der Waals surface area contributed by atoms with Crippen molar-refractivity contribution >= 4 is 45.9 Å². The zero-order valence-electron chi connectivity index (χ0n) is 28.8. The quantitative estimate of drug-likeness (QED) is 0.345. The van der Waals surface area contributed by atoms with Crippen molar-refractivity contribution in [3.05, 3.63) is 58.4 Å². The third-order valence-electron chi connectivity index (χ3n) is 11.9. The van der Waals surface area contributed by atoms with Gasteiger partial charge in [0.1, 0.15) is 11.6 Å². The van der Waals surface area contributed by atoms with Crippen LogP contribution in [-0.4, -0.2) is 107 Å². The molecule has 0 radical (unpaired) electrons. The van der Waals surface area contributed by atoms with E-state index in [0.29, 0.717) is 47.3 Å². The molecule has 3 N–H and O–H groups in total. The molecule has 5 fully saturated rings. The molecule has 3 unspecified atom stereocenters. The first-order chi connectivity index (χ1) is 24.7. The van der Waals surface area contributed by atoms with Gasteiger partial charge in [0.2, 0.25) is 17.7 Å². The van der Waals surface area contributed by atoms with E-state index in [9.17, 15) is 24.0 Å². The molecule has 14 heteroatoms. The van der Waals surface area contributed by atoms with Gasteiger partial charge in [-0.1, -0.05) is 5.21 Å². The SMILES string of the molecule is NC(=O)c1ccc(N2CC3CN(CC4CCN(C(=O)C5CCN(c6ccc7nnn(C8CCC(=O)NC8=O)c(=O)c7c6)CC5)CC4)CC3C2)cc1. The molecule has 0 bridgehead atoms. The van der Waals surface area contributed by atoms with E-state index in [-0.39, 0.29) is 30.6 Å². The first-order valence-corrected chi connectivity index (χ1v) is 18.3. The summed E-state index contributed by atoms with van der Waals surface area (Å²) in [6, 6.07) is 12.3. The van der Waals surface area contributed by atoms with Crippen molar-refractivity contribution in [3.8, 4) is 0 Å². The van der Waals surface area contributed by atoms with Crippen molar-refractivity contribution in [2.24, 2.45) is 29.4 Å². The minimum absolute atomic E-state index is 0.00164. The Kier molecular flexibility index (Phi) is 8.95. The fraction of sp³-hybridized carbons (Fsp3) is 0.541. The van der Waals surface area contributed by atoms with E-state index in [1.165, 1.54) is 0 Å². The molecule has 0 aliphatic carbocycles. The van der Waals surface area contributed by atoms with E-state index in [4.69, 9.17) is 5.73 Å². The number of fused-ring (bicyclic) bond motifs is 2. The number of rotatable bonds is 7. The summed E-state index contributed by atoms with van der Waals surface area (Å²) in [7, 11) is 0. The van der Waals surface area contributed by atoms with Crippen molar-refractivity contribution in [1.82, 2.24) is 30.1 Å². The molecule has 5 aliphatic rings. The number of piperidine rings is 3. The third-order valence-corrected chi connectivity index (χ3v) is 11.9. The Labute approximate surface area is 295 Å². The van der Waals surface area contributed by atoms with E-state index in [1.54, 1.807) is 12.1 Å². The zero-order chi connectivity index (χ0) is 35.2. The normalized spacial score (nSPS) is 25.0. The lowest BCUT2D eigenvalue weighted by atomic mass is 9.91. The van der Waals surface area contributed by atoms with E-state index in [0.717, 1.165) is 87.6 Å². The predicted molar refractivity (Wildman–Crippen MR) is 190 cm³/mol. The number of primary amides is 1. The monoisotopic (exact) mass is 695 g/mol. The number of anilines is 2. The molecule has 14 nitrogen and oxygen atoms in total. The highest BCUT2D eigenvalue weighted by Gasteiger charge is 2.41. The highest BCUT2D eigenvalue weighted by Crippen LogP contribution is 2.35. The topological polar surface area (TPSA) is 167 Å². The molecule has 1 aromatic heterocycles. The first kappa shape index (κ1) is 33.3. The summed E-state index contributed by atoms with van der Waals surface area (Å²) in [5, 5.41) is 10.8. The van der Waals surface area contributed by atoms with E-state index < -0.39 is 23.4 Å². The van der Waals surface area contributed by atoms with Crippen LogP contribution in [0.25, 0.3) is 10.9 Å². The Morgan fingerprint density at radius 3 is 2.16 bits per heavy atom. The Morgan fingerprint density at radius 2 is 1.49 bits per heavy atom. The van der Waals surface area contributed by atoms with E-state index in [2.05, 4.69) is 35.2 Å². The van der Waals surface area contributed by atoms with Gasteiger partial charge in [0.15, 0.2) is 0 Å². The molecule has 6 heterocycles. The molecular formula is C37H45N9O5. The molecule has 8 rings (SSSR count). The maximum Gasteiger partial charge on any atom is 0.278 e. The number of amides is 4. The molecule has 5 saturated heterocycles. The van der Waals surface area contributed by atoms with Crippen molar-refractivity contribution in [1.29, 1.82) is 0 Å². The summed E-state index contributed by atoms with van der Waals surface area (Å²) in [5.41, 5.74) is 8.03. The smallest absolute Gasteiger partial charge is 0.278 e. The summed E-state index contributed by atoms with van der Waals surface area (Å²) in [4.78, 5) is 71.7. The minimum Gasteiger partial charge on any atom is -0.371 e. The van der Waals surface area contributed by atoms with Crippen LogP contribution in [0.15, 0.2) is 47.3 Å². The Bertz CT molecular complexity index is 1880. The number of carbonyl (C=O) groups is 4. The Balaban J connectivity index is 0.798. The van der Waals surface area contributed by atoms with Crippen LogP contribution in [0.2, 0.25) is 0 Å². The molecule has 2 aromatic carbocycles. The number of carbonyl (C=O) groups excluding carboxylic acids is 4. The second kappa shape index (κ2) is 13.7. The van der Waals surface area contributed by atoms with Crippen molar-refractivity contribution in [2.75, 3.05) is 68.7 Å².